The Hall–Kier alpha value is -4.08. The normalized spacial score (nSPS) is 21.4. The molecule has 6 amide bonds. The highest BCUT2D eigenvalue weighted by Crippen LogP contribution is 2.34. The van der Waals surface area contributed by atoms with Gasteiger partial charge in [0.2, 0.25) is 17.6 Å². The molecule has 0 bridgehead atoms. The van der Waals surface area contributed by atoms with Crippen LogP contribution in [0.4, 0.5) is 9.59 Å². The van der Waals surface area contributed by atoms with Crippen LogP contribution in [0.25, 0.3) is 0 Å². The molecule has 3 unspecified atom stereocenters. The van der Waals surface area contributed by atoms with Crippen LogP contribution in [0.1, 0.15) is 104 Å². The fourth-order valence-corrected chi connectivity index (χ4v) is 7.83. The Kier molecular flexibility index (Phi) is 17.3. The Balaban J connectivity index is 1.85. The molecule has 2 saturated carbocycles. The molecule has 1 saturated heterocycles. The van der Waals surface area contributed by atoms with Crippen molar-refractivity contribution >= 4 is 35.6 Å². The van der Waals surface area contributed by atoms with Crippen molar-refractivity contribution in [3.05, 3.63) is 12.7 Å². The minimum atomic E-state index is -1.17. The molecular formula is C38H60N6O7. The van der Waals surface area contributed by atoms with Crippen molar-refractivity contribution in [2.24, 2.45) is 23.7 Å². The fourth-order valence-electron chi connectivity index (χ4n) is 7.83. The Morgan fingerprint density at radius 3 is 2.14 bits per heavy atom. The summed E-state index contributed by atoms with van der Waals surface area (Å²) < 4.78 is 5.45. The zero-order valence-electron chi connectivity index (χ0n) is 30.8. The molecular weight excluding hydrogens is 652 g/mol. The Morgan fingerprint density at radius 1 is 0.902 bits per heavy atom. The van der Waals surface area contributed by atoms with Gasteiger partial charge in [-0.1, -0.05) is 58.4 Å². The summed E-state index contributed by atoms with van der Waals surface area (Å²) in [5.41, 5.74) is 0. The molecule has 0 radical (unpaired) electrons. The first-order valence-electron chi connectivity index (χ1n) is 19.0. The van der Waals surface area contributed by atoms with Crippen molar-refractivity contribution in [1.82, 2.24) is 31.5 Å². The molecule has 1 aliphatic heterocycles. The molecule has 5 atom stereocenters. The van der Waals surface area contributed by atoms with Gasteiger partial charge in [0.05, 0.1) is 12.1 Å². The number of ether oxygens (including phenoxy) is 1. The molecule has 0 aromatic rings. The van der Waals surface area contributed by atoms with Gasteiger partial charge in [0.1, 0.15) is 18.7 Å². The van der Waals surface area contributed by atoms with Gasteiger partial charge in [0.25, 0.3) is 5.91 Å². The lowest BCUT2D eigenvalue weighted by Gasteiger charge is -2.37. The standard InChI is InChI=1S/C38H60N6O7/c1-6-9-20-29(33(45)35(47)40-22-7-2)41-34(46)32-28(25(4)5)21-23-44(32)36(48)31(27-18-14-11-15-19-27)43-37(49)42-30(24-51-38(50)39-8-3)26-16-12-10-13-17-26/h1,7,25-32H,2,8-24H2,3-5H3,(H,39,50)(H,40,47)(H,41,46)(H2,42,43,49)/t28-,29?,30-,31?,32?/m1/s1. The Morgan fingerprint density at radius 2 is 1.55 bits per heavy atom. The predicted molar refractivity (Wildman–Crippen MR) is 194 cm³/mol. The van der Waals surface area contributed by atoms with E-state index in [9.17, 15) is 28.8 Å². The molecule has 5 N–H and O–H groups in total. The van der Waals surface area contributed by atoms with Crippen molar-refractivity contribution in [2.75, 3.05) is 26.2 Å². The maximum absolute atomic E-state index is 14.6. The highest BCUT2D eigenvalue weighted by atomic mass is 16.5. The summed E-state index contributed by atoms with van der Waals surface area (Å²) in [6.07, 6.45) is 16.5. The van der Waals surface area contributed by atoms with Crippen LogP contribution in [0.5, 0.6) is 0 Å². The van der Waals surface area contributed by atoms with Crippen LogP contribution in [-0.4, -0.2) is 90.9 Å². The summed E-state index contributed by atoms with van der Waals surface area (Å²) in [5, 5.41) is 13.9. The van der Waals surface area contributed by atoms with Crippen molar-refractivity contribution in [3.8, 4) is 12.3 Å². The Bertz CT molecular complexity index is 1250. The number of carbonyl (C=O) groups is 6. The quantitative estimate of drug-likeness (QED) is 0.0871. The van der Waals surface area contributed by atoms with Crippen molar-refractivity contribution in [2.45, 2.75) is 128 Å². The molecule has 3 fully saturated rings. The third-order valence-corrected chi connectivity index (χ3v) is 10.6. The predicted octanol–water partition coefficient (Wildman–Crippen LogP) is 3.57. The molecule has 2 aliphatic carbocycles. The number of hydrogen-bond acceptors (Lipinski definition) is 7. The second kappa shape index (κ2) is 21.3. The van der Waals surface area contributed by atoms with E-state index in [1.54, 1.807) is 11.8 Å². The van der Waals surface area contributed by atoms with Gasteiger partial charge in [0.15, 0.2) is 0 Å². The Labute approximate surface area is 303 Å². The molecule has 0 spiro atoms. The number of ketones is 1. The number of carbonyl (C=O) groups excluding carboxylic acids is 6. The van der Waals surface area contributed by atoms with Gasteiger partial charge in [-0.15, -0.1) is 18.9 Å². The molecule has 0 aromatic heterocycles. The highest BCUT2D eigenvalue weighted by molar-refractivity contribution is 6.38. The number of terminal acetylenes is 1. The van der Waals surface area contributed by atoms with Crippen molar-refractivity contribution < 1.29 is 33.5 Å². The number of amides is 6. The molecule has 13 nitrogen and oxygen atoms in total. The zero-order chi connectivity index (χ0) is 37.3. The van der Waals surface area contributed by atoms with Crippen LogP contribution in [0, 0.1) is 36.0 Å². The van der Waals surface area contributed by atoms with E-state index in [-0.39, 0.29) is 55.6 Å². The SMILES string of the molecule is C#CCCC(NC(=O)C1[C@@H](C(C)C)CCN1C(=O)C(NC(=O)N[C@H](COC(=O)NCC)C1CCCCC1)C1CCCCC1)C(=O)C(=O)NCC=C. The van der Waals surface area contributed by atoms with Crippen molar-refractivity contribution in [3.63, 3.8) is 0 Å². The van der Waals surface area contributed by atoms with E-state index in [1.807, 2.05) is 13.8 Å². The number of likely N-dealkylation sites (tertiary alicyclic amines) is 1. The van der Waals surface area contributed by atoms with Crippen LogP contribution in [0.3, 0.4) is 0 Å². The smallest absolute Gasteiger partial charge is 0.407 e. The van der Waals surface area contributed by atoms with E-state index in [0.29, 0.717) is 19.5 Å². The van der Waals surface area contributed by atoms with Crippen LogP contribution >= 0.6 is 0 Å². The van der Waals surface area contributed by atoms with E-state index < -0.39 is 53.9 Å². The van der Waals surface area contributed by atoms with E-state index in [4.69, 9.17) is 11.2 Å². The van der Waals surface area contributed by atoms with E-state index in [0.717, 1.165) is 64.2 Å². The summed E-state index contributed by atoms with van der Waals surface area (Å²) in [6.45, 7) is 10.2. The van der Waals surface area contributed by atoms with Crippen molar-refractivity contribution in [1.29, 1.82) is 0 Å². The molecule has 13 heteroatoms. The van der Waals surface area contributed by atoms with Gasteiger partial charge in [-0.2, -0.15) is 0 Å². The lowest BCUT2D eigenvalue weighted by molar-refractivity contribution is -0.144. The minimum Gasteiger partial charge on any atom is -0.447 e. The minimum absolute atomic E-state index is 0.0155. The second-order valence-electron chi connectivity index (χ2n) is 14.5. The number of Topliss-reactive ketones (excluding diaryl/α,β-unsaturated/α-hetero) is 1. The first kappa shape index (κ1) is 41.3. The second-order valence-corrected chi connectivity index (χ2v) is 14.5. The van der Waals surface area contributed by atoms with Gasteiger partial charge in [-0.25, -0.2) is 9.59 Å². The summed E-state index contributed by atoms with van der Waals surface area (Å²) >= 11 is 0. The maximum Gasteiger partial charge on any atom is 0.407 e. The van der Waals surface area contributed by atoms with Gasteiger partial charge >= 0.3 is 12.1 Å². The molecule has 1 heterocycles. The fraction of sp³-hybridized carbons (Fsp3) is 0.737. The number of rotatable bonds is 17. The zero-order valence-corrected chi connectivity index (χ0v) is 30.8. The average Bonchev–Trinajstić information content (AvgIpc) is 3.59. The van der Waals surface area contributed by atoms with Crippen LogP contribution in [0.2, 0.25) is 0 Å². The average molecular weight is 713 g/mol. The number of hydrogen-bond donors (Lipinski definition) is 5. The van der Waals surface area contributed by atoms with Gasteiger partial charge < -0.3 is 36.2 Å². The summed E-state index contributed by atoms with van der Waals surface area (Å²) in [4.78, 5) is 81.8. The number of alkyl carbamates (subject to hydrolysis) is 1. The molecule has 3 rings (SSSR count). The van der Waals surface area contributed by atoms with E-state index in [2.05, 4.69) is 39.1 Å². The monoisotopic (exact) mass is 712 g/mol. The summed E-state index contributed by atoms with van der Waals surface area (Å²) in [6, 6.07) is -3.90. The lowest BCUT2D eigenvalue weighted by atomic mass is 9.82. The van der Waals surface area contributed by atoms with Crippen LogP contribution in [-0.2, 0) is 23.9 Å². The summed E-state index contributed by atoms with van der Waals surface area (Å²) in [5.74, 6) is -0.266. The molecule has 284 valence electrons. The molecule has 3 aliphatic rings. The summed E-state index contributed by atoms with van der Waals surface area (Å²) in [7, 11) is 0. The van der Waals surface area contributed by atoms with Gasteiger partial charge in [0, 0.05) is 26.1 Å². The number of urea groups is 1. The van der Waals surface area contributed by atoms with E-state index >= 15 is 0 Å². The van der Waals surface area contributed by atoms with Crippen LogP contribution in [0.15, 0.2) is 12.7 Å². The third kappa shape index (κ3) is 12.3. The maximum atomic E-state index is 14.6. The van der Waals surface area contributed by atoms with E-state index in [1.165, 1.54) is 6.08 Å². The van der Waals surface area contributed by atoms with Crippen LogP contribution < -0.4 is 26.6 Å². The van der Waals surface area contributed by atoms with Gasteiger partial charge in [-0.3, -0.25) is 19.2 Å². The number of nitrogens with one attached hydrogen (secondary N) is 5. The topological polar surface area (TPSA) is 175 Å². The first-order chi connectivity index (χ1) is 24.5. The lowest BCUT2D eigenvalue weighted by Crippen LogP contribution is -2.61. The highest BCUT2D eigenvalue weighted by Gasteiger charge is 2.47. The molecule has 51 heavy (non-hydrogen) atoms. The van der Waals surface area contributed by atoms with Gasteiger partial charge in [-0.05, 0) is 69.1 Å². The molecule has 0 aromatic carbocycles. The third-order valence-electron chi connectivity index (χ3n) is 10.6. The largest absolute Gasteiger partial charge is 0.447 e. The first-order valence-corrected chi connectivity index (χ1v) is 19.0. The number of nitrogens with zero attached hydrogens (tertiary/aromatic N) is 1.